The largest absolute Gasteiger partial charge is 0.496 e. The van der Waals surface area contributed by atoms with Gasteiger partial charge in [0.15, 0.2) is 0 Å². The van der Waals surface area contributed by atoms with Gasteiger partial charge in [0.2, 0.25) is 0 Å². The number of ether oxygens (including phenoxy) is 1. The molecule has 0 aliphatic carbocycles. The summed E-state index contributed by atoms with van der Waals surface area (Å²) >= 11 is 0. The zero-order valence-corrected chi connectivity index (χ0v) is 9.37. The van der Waals surface area contributed by atoms with Gasteiger partial charge < -0.3 is 9.84 Å². The van der Waals surface area contributed by atoms with E-state index in [4.69, 9.17) is 9.84 Å². The molecule has 0 aliphatic rings. The maximum Gasteiger partial charge on any atom is 0.303 e. The van der Waals surface area contributed by atoms with Gasteiger partial charge in [-0.2, -0.15) is 0 Å². The molecule has 0 aromatic heterocycles. The molecule has 0 heterocycles. The van der Waals surface area contributed by atoms with Crippen molar-refractivity contribution in [3.63, 3.8) is 0 Å². The molecule has 0 saturated heterocycles. The Morgan fingerprint density at radius 2 is 2.25 bits per heavy atom. The number of carbonyl (C=O) groups is 1. The molecule has 88 valence electrons. The van der Waals surface area contributed by atoms with E-state index >= 15 is 0 Å². The Morgan fingerprint density at radius 1 is 1.56 bits per heavy atom. The van der Waals surface area contributed by atoms with Gasteiger partial charge in [-0.15, -0.1) is 0 Å². The summed E-state index contributed by atoms with van der Waals surface area (Å²) in [7, 11) is 1.49. The van der Waals surface area contributed by atoms with Gasteiger partial charge in [0.1, 0.15) is 11.6 Å². The average Bonchev–Trinajstić information content (AvgIpc) is 2.25. The number of aliphatic carboxylic acids is 1. The van der Waals surface area contributed by atoms with Gasteiger partial charge in [-0.1, -0.05) is 6.92 Å². The maximum atomic E-state index is 13.1. The quantitative estimate of drug-likeness (QED) is 0.839. The number of carboxylic acid groups (broad SMARTS) is 1. The van der Waals surface area contributed by atoms with Crippen LogP contribution >= 0.6 is 0 Å². The number of methoxy groups -OCH3 is 1. The predicted molar refractivity (Wildman–Crippen MR) is 58.2 cm³/mol. The molecule has 4 heteroatoms. The normalized spacial score (nSPS) is 12.2. The molecular weight excluding hydrogens is 211 g/mol. The number of halogens is 1. The van der Waals surface area contributed by atoms with Crippen LogP contribution in [0.15, 0.2) is 18.2 Å². The van der Waals surface area contributed by atoms with Crippen LogP contribution in [-0.4, -0.2) is 18.2 Å². The zero-order chi connectivity index (χ0) is 12.1. The molecule has 1 aromatic carbocycles. The van der Waals surface area contributed by atoms with Gasteiger partial charge in [-0.25, -0.2) is 4.39 Å². The highest BCUT2D eigenvalue weighted by atomic mass is 19.1. The van der Waals surface area contributed by atoms with Crippen LogP contribution in [0.4, 0.5) is 4.39 Å². The number of carboxylic acids is 1. The second-order valence-electron chi connectivity index (χ2n) is 3.59. The summed E-state index contributed by atoms with van der Waals surface area (Å²) in [5.41, 5.74) is 0.618. The van der Waals surface area contributed by atoms with Crippen molar-refractivity contribution in [3.8, 4) is 5.75 Å². The van der Waals surface area contributed by atoms with E-state index in [0.29, 0.717) is 17.7 Å². The summed E-state index contributed by atoms with van der Waals surface area (Å²) in [6.45, 7) is 1.87. The standard InChI is InChI=1S/C12H15FO3/c1-3-8(6-12(14)15)10-7-9(13)4-5-11(10)16-2/h4-5,7-8H,3,6H2,1-2H3,(H,14,15). The van der Waals surface area contributed by atoms with Crippen LogP contribution < -0.4 is 4.74 Å². The highest BCUT2D eigenvalue weighted by Crippen LogP contribution is 2.31. The lowest BCUT2D eigenvalue weighted by Crippen LogP contribution is -2.07. The van der Waals surface area contributed by atoms with Crippen LogP contribution in [0.25, 0.3) is 0 Å². The fourth-order valence-electron chi connectivity index (χ4n) is 1.71. The third-order valence-electron chi connectivity index (χ3n) is 2.55. The van der Waals surface area contributed by atoms with Crippen molar-refractivity contribution in [3.05, 3.63) is 29.6 Å². The second kappa shape index (κ2) is 5.49. The average molecular weight is 226 g/mol. The Labute approximate surface area is 93.9 Å². The van der Waals surface area contributed by atoms with E-state index < -0.39 is 5.97 Å². The van der Waals surface area contributed by atoms with Crippen LogP contribution in [0, 0.1) is 5.82 Å². The minimum atomic E-state index is -0.891. The molecule has 0 radical (unpaired) electrons. The fourth-order valence-corrected chi connectivity index (χ4v) is 1.71. The van der Waals surface area contributed by atoms with Gasteiger partial charge in [-0.3, -0.25) is 4.79 Å². The minimum Gasteiger partial charge on any atom is -0.496 e. The van der Waals surface area contributed by atoms with Gasteiger partial charge in [0.25, 0.3) is 0 Å². The van der Waals surface area contributed by atoms with Crippen LogP contribution in [0.5, 0.6) is 5.75 Å². The summed E-state index contributed by atoms with van der Waals surface area (Å²) < 4.78 is 18.2. The topological polar surface area (TPSA) is 46.5 Å². The lowest BCUT2D eigenvalue weighted by Gasteiger charge is -2.16. The Morgan fingerprint density at radius 3 is 2.75 bits per heavy atom. The number of rotatable bonds is 5. The Bertz CT molecular complexity index is 377. The van der Waals surface area contributed by atoms with Gasteiger partial charge in [0.05, 0.1) is 13.5 Å². The first-order valence-corrected chi connectivity index (χ1v) is 5.13. The van der Waals surface area contributed by atoms with E-state index in [1.807, 2.05) is 6.92 Å². The van der Waals surface area contributed by atoms with E-state index in [1.165, 1.54) is 25.3 Å². The number of benzene rings is 1. The molecule has 0 fully saturated rings. The second-order valence-corrected chi connectivity index (χ2v) is 3.59. The van der Waals surface area contributed by atoms with Crippen molar-refractivity contribution in [2.24, 2.45) is 0 Å². The first kappa shape index (κ1) is 12.5. The lowest BCUT2D eigenvalue weighted by atomic mass is 9.92. The molecule has 3 nitrogen and oxygen atoms in total. The molecule has 0 aliphatic heterocycles. The third kappa shape index (κ3) is 2.95. The summed E-state index contributed by atoms with van der Waals surface area (Å²) in [5.74, 6) is -0.949. The first-order valence-electron chi connectivity index (χ1n) is 5.13. The van der Waals surface area contributed by atoms with Gasteiger partial charge in [-0.05, 0) is 30.5 Å². The molecule has 0 bridgehead atoms. The highest BCUT2D eigenvalue weighted by molar-refractivity contribution is 5.68. The Balaban J connectivity index is 3.06. The molecular formula is C12H15FO3. The fraction of sp³-hybridized carbons (Fsp3) is 0.417. The van der Waals surface area contributed by atoms with Crippen LogP contribution in [-0.2, 0) is 4.79 Å². The first-order chi connectivity index (χ1) is 7.58. The molecule has 16 heavy (non-hydrogen) atoms. The third-order valence-corrected chi connectivity index (χ3v) is 2.55. The Kier molecular flexibility index (Phi) is 4.28. The van der Waals surface area contributed by atoms with Crippen molar-refractivity contribution in [1.82, 2.24) is 0 Å². The van der Waals surface area contributed by atoms with Crippen molar-refractivity contribution < 1.29 is 19.0 Å². The van der Waals surface area contributed by atoms with Crippen LogP contribution in [0.1, 0.15) is 31.2 Å². The van der Waals surface area contributed by atoms with E-state index in [1.54, 1.807) is 0 Å². The SMILES string of the molecule is CCC(CC(=O)O)c1cc(F)ccc1OC. The van der Waals surface area contributed by atoms with E-state index in [2.05, 4.69) is 0 Å². The predicted octanol–water partition coefficient (Wildman–Crippen LogP) is 2.80. The molecule has 1 rings (SSSR count). The highest BCUT2D eigenvalue weighted by Gasteiger charge is 2.18. The van der Waals surface area contributed by atoms with Crippen molar-refractivity contribution in [1.29, 1.82) is 0 Å². The van der Waals surface area contributed by atoms with E-state index in [0.717, 1.165) is 0 Å². The van der Waals surface area contributed by atoms with Gasteiger partial charge >= 0.3 is 5.97 Å². The minimum absolute atomic E-state index is 0.0175. The summed E-state index contributed by atoms with van der Waals surface area (Å²) in [5, 5.41) is 8.77. The van der Waals surface area contributed by atoms with Crippen LogP contribution in [0.2, 0.25) is 0 Å². The molecule has 0 spiro atoms. The molecule has 0 saturated carbocycles. The molecule has 1 N–H and O–H groups in total. The van der Waals surface area contributed by atoms with Gasteiger partial charge in [0, 0.05) is 5.56 Å². The Hall–Kier alpha value is -1.58. The molecule has 0 amide bonds. The summed E-state index contributed by atoms with van der Waals surface area (Å²) in [4.78, 5) is 10.7. The summed E-state index contributed by atoms with van der Waals surface area (Å²) in [6.07, 6.45) is 0.614. The number of hydrogen-bond donors (Lipinski definition) is 1. The zero-order valence-electron chi connectivity index (χ0n) is 9.37. The van der Waals surface area contributed by atoms with Crippen molar-refractivity contribution in [2.45, 2.75) is 25.7 Å². The maximum absolute atomic E-state index is 13.1. The smallest absolute Gasteiger partial charge is 0.303 e. The van der Waals surface area contributed by atoms with E-state index in [-0.39, 0.29) is 18.2 Å². The molecule has 1 atom stereocenters. The van der Waals surface area contributed by atoms with E-state index in [9.17, 15) is 9.18 Å². The van der Waals surface area contributed by atoms with Crippen LogP contribution in [0.3, 0.4) is 0 Å². The summed E-state index contributed by atoms with van der Waals surface area (Å²) in [6, 6.07) is 4.17. The molecule has 1 unspecified atom stereocenters. The monoisotopic (exact) mass is 226 g/mol. The number of hydrogen-bond acceptors (Lipinski definition) is 2. The lowest BCUT2D eigenvalue weighted by molar-refractivity contribution is -0.137. The van der Waals surface area contributed by atoms with Crippen molar-refractivity contribution >= 4 is 5.97 Å². The molecule has 1 aromatic rings. The van der Waals surface area contributed by atoms with Crippen molar-refractivity contribution in [2.75, 3.05) is 7.11 Å².